The summed E-state index contributed by atoms with van der Waals surface area (Å²) in [5.74, 6) is 0.128. The van der Waals surface area contributed by atoms with E-state index in [1.54, 1.807) is 0 Å². The Morgan fingerprint density at radius 1 is 1.02 bits per heavy atom. The van der Waals surface area contributed by atoms with Crippen LogP contribution in [0.25, 0.3) is 16.7 Å². The number of aliphatic carboxylic acids is 1. The summed E-state index contributed by atoms with van der Waals surface area (Å²) in [7, 11) is 0. The third-order valence-electron chi connectivity index (χ3n) is 11.3. The first kappa shape index (κ1) is 35.6. The molecule has 5 aliphatic rings. The van der Waals surface area contributed by atoms with Crippen LogP contribution in [0.3, 0.4) is 0 Å². The van der Waals surface area contributed by atoms with Crippen molar-refractivity contribution in [2.24, 2.45) is 29.6 Å². The molecule has 258 valence electrons. The predicted octanol–water partition coefficient (Wildman–Crippen LogP) is 8.58. The van der Waals surface area contributed by atoms with Gasteiger partial charge in [-0.2, -0.15) is 0 Å². The van der Waals surface area contributed by atoms with Crippen molar-refractivity contribution < 1.29 is 29.3 Å². The Kier molecular flexibility index (Phi) is 11.0. The molecule has 1 fully saturated rings. The number of fused-ring (bicyclic) bond motifs is 2. The number of hydrogen-bond acceptors (Lipinski definition) is 5. The molecular weight excluding hydrogens is 600 g/mol. The van der Waals surface area contributed by atoms with Gasteiger partial charge in [-0.3, -0.25) is 14.4 Å². The molecule has 0 bridgehead atoms. The highest BCUT2D eigenvalue weighted by Gasteiger charge is 2.45. The summed E-state index contributed by atoms with van der Waals surface area (Å²) in [5.41, 5.74) is 8.12. The Morgan fingerprint density at radius 3 is 2.42 bits per heavy atom. The average Bonchev–Trinajstić information content (AvgIpc) is 3.31. The van der Waals surface area contributed by atoms with Crippen molar-refractivity contribution in [3.63, 3.8) is 0 Å². The van der Waals surface area contributed by atoms with E-state index >= 15 is 0 Å². The van der Waals surface area contributed by atoms with Crippen LogP contribution in [0.15, 0.2) is 52.8 Å². The lowest BCUT2D eigenvalue weighted by Crippen LogP contribution is -2.33. The first-order valence-corrected chi connectivity index (χ1v) is 18.2. The van der Waals surface area contributed by atoms with Gasteiger partial charge in [0.1, 0.15) is 0 Å². The fourth-order valence-electron chi connectivity index (χ4n) is 8.43. The van der Waals surface area contributed by atoms with E-state index < -0.39 is 5.97 Å². The summed E-state index contributed by atoms with van der Waals surface area (Å²) in [5, 5.41) is 23.8. The van der Waals surface area contributed by atoms with Gasteiger partial charge in [-0.05, 0) is 127 Å². The molecule has 1 N–H and O–H groups in total. The average molecular weight is 654 g/mol. The van der Waals surface area contributed by atoms with Gasteiger partial charge >= 0.3 is 11.9 Å². The quantitative estimate of drug-likeness (QED) is 0.140. The van der Waals surface area contributed by atoms with Gasteiger partial charge in [-0.1, -0.05) is 82.7 Å². The highest BCUT2D eigenvalue weighted by atomic mass is 16.5. The van der Waals surface area contributed by atoms with Crippen LogP contribution < -0.4 is 5.11 Å². The van der Waals surface area contributed by atoms with E-state index in [9.17, 15) is 24.6 Å². The number of carbonyl (C=O) groups excluding carboxylic acids is 2. The van der Waals surface area contributed by atoms with Gasteiger partial charge < -0.3 is 14.9 Å². The molecule has 0 radical (unpaired) electrons. The molecule has 0 aromatic rings. The van der Waals surface area contributed by atoms with Gasteiger partial charge in [-0.15, -0.1) is 0 Å². The van der Waals surface area contributed by atoms with Gasteiger partial charge in [0.2, 0.25) is 0 Å². The largest absolute Gasteiger partial charge is 0.871 e. The lowest BCUT2D eigenvalue weighted by atomic mass is 9.71. The lowest BCUT2D eigenvalue weighted by Gasteiger charge is -2.36. The van der Waals surface area contributed by atoms with Crippen molar-refractivity contribution in [3.05, 3.63) is 75.1 Å². The molecule has 5 aliphatic carbocycles. The van der Waals surface area contributed by atoms with Crippen LogP contribution >= 0.6 is 0 Å². The molecule has 6 heteroatoms. The Balaban J connectivity index is 1.58. The Hall–Kier alpha value is -3.67. The zero-order valence-corrected chi connectivity index (χ0v) is 29.9. The maximum Gasteiger partial charge on any atom is 0.306 e. The van der Waals surface area contributed by atoms with Gasteiger partial charge in [0.15, 0.2) is 5.78 Å². The number of unbranched alkanes of at least 4 members (excludes halogenated alkanes) is 1. The van der Waals surface area contributed by atoms with Crippen LogP contribution in [-0.2, 0) is 25.5 Å². The highest BCUT2D eigenvalue weighted by Crippen LogP contribution is 2.54. The third kappa shape index (κ3) is 7.04. The minimum Gasteiger partial charge on any atom is -0.871 e. The number of carboxylic acid groups (broad SMARTS) is 1. The minimum atomic E-state index is -0.809. The number of hydrogen-bond donors (Lipinski definition) is 1. The Morgan fingerprint density at radius 2 is 1.77 bits per heavy atom. The fraction of sp³-hybridized carbons (Fsp3) is 0.548. The monoisotopic (exact) mass is 653 g/mol. The summed E-state index contributed by atoms with van der Waals surface area (Å²) < 4.78 is 5.44. The Bertz CT molecular complexity index is 1640. The van der Waals surface area contributed by atoms with Crippen molar-refractivity contribution in [2.45, 2.75) is 112 Å². The molecule has 0 aromatic carbocycles. The first-order chi connectivity index (χ1) is 22.8. The molecule has 4 atom stereocenters. The number of aryl methyl sites for hydroxylation is 2. The fourth-order valence-corrected chi connectivity index (χ4v) is 8.43. The zero-order chi connectivity index (χ0) is 34.9. The van der Waals surface area contributed by atoms with Crippen molar-refractivity contribution in [1.82, 2.24) is 0 Å². The van der Waals surface area contributed by atoms with Crippen LogP contribution in [0.2, 0.25) is 0 Å². The molecule has 0 aliphatic heterocycles. The van der Waals surface area contributed by atoms with E-state index in [4.69, 9.17) is 4.74 Å². The molecule has 0 saturated heterocycles. The van der Waals surface area contributed by atoms with Crippen LogP contribution in [0.1, 0.15) is 121 Å². The maximum atomic E-state index is 14.3. The van der Waals surface area contributed by atoms with E-state index in [1.165, 1.54) is 5.57 Å². The van der Waals surface area contributed by atoms with E-state index in [-0.39, 0.29) is 65.2 Å². The molecule has 0 amide bonds. The number of ether oxygens (including phenoxy) is 1. The SMILES string of the molecule is CCCCOC(=O)CCc1ccc(C(C)C)cc2c(C)cc(C3=C([O-])/C(=C4\C=C(C)C5CC(C(C)C)CCC(CCC(=O)O)C45)C3=O)c1-2. The molecule has 4 unspecified atom stereocenters. The maximum absolute atomic E-state index is 14.3. The second kappa shape index (κ2) is 14.8. The molecule has 5 rings (SSSR count). The summed E-state index contributed by atoms with van der Waals surface area (Å²) >= 11 is 0. The number of esters is 1. The standard InChI is InChI=1S/C42H54O6/c1-8-9-18-48-36(45)17-15-28-11-13-30(24(4)5)22-32-26(7)20-34(38(28)32)40-41(46)39(42(40)47)33-19-25(6)31-21-29(23(2)3)12-10-27(37(31)33)14-16-35(43)44/h11,13,19-20,22-24,27,29,31,37,46H,8-10,12,14-18,21H2,1-7H3,(H,43,44)/p-1/b39-33-. The second-order valence-corrected chi connectivity index (χ2v) is 15.2. The van der Waals surface area contributed by atoms with Gasteiger partial charge in [0, 0.05) is 24.0 Å². The van der Waals surface area contributed by atoms with Gasteiger partial charge in [0.25, 0.3) is 0 Å². The van der Waals surface area contributed by atoms with Crippen LogP contribution in [0.4, 0.5) is 0 Å². The van der Waals surface area contributed by atoms with E-state index in [0.29, 0.717) is 36.8 Å². The number of carboxylic acids is 1. The topological polar surface area (TPSA) is 104 Å². The molecule has 0 spiro atoms. The molecule has 1 saturated carbocycles. The van der Waals surface area contributed by atoms with Crippen LogP contribution in [-0.4, -0.2) is 29.4 Å². The van der Waals surface area contributed by atoms with Crippen molar-refractivity contribution >= 4 is 23.3 Å². The van der Waals surface area contributed by atoms with E-state index in [1.807, 2.05) is 19.1 Å². The van der Waals surface area contributed by atoms with E-state index in [2.05, 4.69) is 59.8 Å². The Labute approximate surface area is 286 Å². The number of carbonyl (C=O) groups is 3. The summed E-state index contributed by atoms with van der Waals surface area (Å²) in [4.78, 5) is 38.6. The van der Waals surface area contributed by atoms with Gasteiger partial charge in [-0.25, -0.2) is 0 Å². The highest BCUT2D eigenvalue weighted by molar-refractivity contribution is 6.40. The van der Waals surface area contributed by atoms with Crippen LogP contribution in [0.5, 0.6) is 0 Å². The summed E-state index contributed by atoms with van der Waals surface area (Å²) in [6.45, 7) is 15.4. The van der Waals surface area contributed by atoms with Crippen LogP contribution in [0, 0.1) is 36.5 Å². The number of Topliss-reactive ketones (excluding diaryl/α,β-unsaturated/α-hetero) is 1. The van der Waals surface area contributed by atoms with Crippen molar-refractivity contribution in [1.29, 1.82) is 0 Å². The number of allylic oxidation sites excluding steroid dienone is 5. The van der Waals surface area contributed by atoms with E-state index in [0.717, 1.165) is 65.5 Å². The first-order valence-electron chi connectivity index (χ1n) is 18.2. The summed E-state index contributed by atoms with van der Waals surface area (Å²) in [6, 6.07) is 8.27. The third-order valence-corrected chi connectivity index (χ3v) is 11.3. The normalized spacial score (nSPS) is 24.2. The number of rotatable bonds is 12. The summed E-state index contributed by atoms with van der Waals surface area (Å²) in [6.07, 6.45) is 8.09. The smallest absolute Gasteiger partial charge is 0.306 e. The molecule has 6 nitrogen and oxygen atoms in total. The zero-order valence-electron chi connectivity index (χ0n) is 29.9. The predicted molar refractivity (Wildman–Crippen MR) is 188 cm³/mol. The lowest BCUT2D eigenvalue weighted by molar-refractivity contribution is -0.297. The molecule has 0 heterocycles. The molecule has 0 aromatic heterocycles. The van der Waals surface area contributed by atoms with Crippen molar-refractivity contribution in [2.75, 3.05) is 6.61 Å². The minimum absolute atomic E-state index is 0.0172. The van der Waals surface area contributed by atoms with Crippen molar-refractivity contribution in [3.8, 4) is 11.1 Å². The number of ketones is 1. The second-order valence-electron chi connectivity index (χ2n) is 15.2. The molecular formula is C42H53O6-. The molecule has 48 heavy (non-hydrogen) atoms. The van der Waals surface area contributed by atoms with Gasteiger partial charge in [0.05, 0.1) is 6.61 Å².